The summed E-state index contributed by atoms with van der Waals surface area (Å²) in [4.78, 5) is 51.2. The Kier molecular flexibility index (Phi) is 8.45. The maximum atomic E-state index is 13.1. The lowest BCUT2D eigenvalue weighted by atomic mass is 10.1. The number of rotatable bonds is 8. The van der Waals surface area contributed by atoms with Crippen molar-refractivity contribution < 1.29 is 28.7 Å². The summed E-state index contributed by atoms with van der Waals surface area (Å²) >= 11 is 9.17. The molecule has 194 valence electrons. The number of imide groups is 2. The molecule has 0 unspecified atom stereocenters. The first-order valence-corrected chi connectivity index (χ1v) is 12.5. The number of halogens is 2. The van der Waals surface area contributed by atoms with E-state index in [1.165, 1.54) is 6.08 Å². The van der Waals surface area contributed by atoms with Crippen molar-refractivity contribution in [1.82, 2.24) is 5.32 Å². The van der Waals surface area contributed by atoms with E-state index in [4.69, 9.17) is 21.1 Å². The standard InChI is InChI=1S/C27H21BrClN3O6/c1-2-37-23-14-16(3-12-22(23)38-15-24(33)30-19-8-6-18(29)7-9-19)13-21-25(34)31-27(36)32(26(21)35)20-10-4-17(28)5-11-20/h3-14H,2,15H2,1H3,(H,30,33)(H,31,34,36)/b21-13+. The van der Waals surface area contributed by atoms with E-state index >= 15 is 0 Å². The number of nitrogens with one attached hydrogen (secondary N) is 2. The van der Waals surface area contributed by atoms with Crippen LogP contribution in [0.2, 0.25) is 5.02 Å². The summed E-state index contributed by atoms with van der Waals surface area (Å²) < 4.78 is 12.1. The smallest absolute Gasteiger partial charge is 0.335 e. The van der Waals surface area contributed by atoms with Gasteiger partial charge in [0.25, 0.3) is 17.7 Å². The fraction of sp³-hybridized carbons (Fsp3) is 0.111. The van der Waals surface area contributed by atoms with Gasteiger partial charge in [-0.25, -0.2) is 9.69 Å². The summed E-state index contributed by atoms with van der Waals surface area (Å²) in [6.07, 6.45) is 1.36. The van der Waals surface area contributed by atoms with Gasteiger partial charge in [0.15, 0.2) is 18.1 Å². The lowest BCUT2D eigenvalue weighted by Gasteiger charge is -2.26. The molecule has 0 saturated carbocycles. The minimum Gasteiger partial charge on any atom is -0.490 e. The Labute approximate surface area is 231 Å². The molecule has 38 heavy (non-hydrogen) atoms. The molecule has 1 heterocycles. The Morgan fingerprint density at radius 1 is 1.00 bits per heavy atom. The van der Waals surface area contributed by atoms with E-state index in [9.17, 15) is 19.2 Å². The van der Waals surface area contributed by atoms with Gasteiger partial charge in [-0.15, -0.1) is 0 Å². The molecule has 0 spiro atoms. The zero-order chi connectivity index (χ0) is 27.2. The minimum absolute atomic E-state index is 0.231. The van der Waals surface area contributed by atoms with Gasteiger partial charge in [0, 0.05) is 15.2 Å². The number of hydrogen-bond acceptors (Lipinski definition) is 6. The van der Waals surface area contributed by atoms with Crippen LogP contribution in [0, 0.1) is 0 Å². The summed E-state index contributed by atoms with van der Waals surface area (Å²) in [6.45, 7) is 1.80. The molecule has 2 N–H and O–H groups in total. The molecule has 1 aliphatic rings. The van der Waals surface area contributed by atoms with Gasteiger partial charge in [-0.05, 0) is 79.2 Å². The predicted octanol–water partition coefficient (Wildman–Crippen LogP) is 5.19. The Hall–Kier alpha value is -4.15. The third kappa shape index (κ3) is 6.39. The molecule has 5 amide bonds. The minimum atomic E-state index is -0.838. The molecular formula is C27H21BrClN3O6. The largest absolute Gasteiger partial charge is 0.490 e. The second-order valence-corrected chi connectivity index (χ2v) is 9.27. The zero-order valence-electron chi connectivity index (χ0n) is 20.0. The normalized spacial score (nSPS) is 14.3. The molecule has 0 radical (unpaired) electrons. The Morgan fingerprint density at radius 2 is 1.71 bits per heavy atom. The molecular weight excluding hydrogens is 578 g/mol. The number of barbiturate groups is 1. The van der Waals surface area contributed by atoms with Gasteiger partial charge in [0.2, 0.25) is 0 Å². The number of amides is 5. The van der Waals surface area contributed by atoms with E-state index in [2.05, 4.69) is 26.6 Å². The molecule has 1 saturated heterocycles. The van der Waals surface area contributed by atoms with Gasteiger partial charge >= 0.3 is 6.03 Å². The summed E-state index contributed by atoms with van der Waals surface area (Å²) in [5.74, 6) is -1.36. The van der Waals surface area contributed by atoms with Crippen LogP contribution < -0.4 is 25.0 Å². The molecule has 4 rings (SSSR count). The van der Waals surface area contributed by atoms with Gasteiger partial charge in [0.05, 0.1) is 12.3 Å². The van der Waals surface area contributed by atoms with Crippen LogP contribution in [0.3, 0.4) is 0 Å². The predicted molar refractivity (Wildman–Crippen MR) is 146 cm³/mol. The van der Waals surface area contributed by atoms with Crippen LogP contribution in [0.4, 0.5) is 16.2 Å². The molecule has 0 aromatic heterocycles. The molecule has 0 atom stereocenters. The van der Waals surface area contributed by atoms with E-state index in [1.54, 1.807) is 73.7 Å². The fourth-order valence-electron chi connectivity index (χ4n) is 3.52. The number of urea groups is 1. The van der Waals surface area contributed by atoms with Gasteiger partial charge < -0.3 is 14.8 Å². The average Bonchev–Trinajstić information content (AvgIpc) is 2.88. The number of hydrogen-bond donors (Lipinski definition) is 2. The van der Waals surface area contributed by atoms with Crippen molar-refractivity contribution >= 4 is 68.7 Å². The van der Waals surface area contributed by atoms with Crippen molar-refractivity contribution in [2.75, 3.05) is 23.4 Å². The lowest BCUT2D eigenvalue weighted by Crippen LogP contribution is -2.54. The monoisotopic (exact) mass is 597 g/mol. The summed E-state index contributed by atoms with van der Waals surface area (Å²) in [7, 11) is 0. The average molecular weight is 599 g/mol. The van der Waals surface area contributed by atoms with Crippen molar-refractivity contribution in [1.29, 1.82) is 0 Å². The number of benzene rings is 3. The molecule has 9 nitrogen and oxygen atoms in total. The second kappa shape index (κ2) is 11.9. The fourth-order valence-corrected chi connectivity index (χ4v) is 3.91. The molecule has 11 heteroatoms. The Morgan fingerprint density at radius 3 is 2.39 bits per heavy atom. The molecule has 1 aliphatic heterocycles. The highest BCUT2D eigenvalue weighted by molar-refractivity contribution is 9.10. The number of carbonyl (C=O) groups excluding carboxylic acids is 4. The zero-order valence-corrected chi connectivity index (χ0v) is 22.3. The van der Waals surface area contributed by atoms with Crippen molar-refractivity contribution in [2.45, 2.75) is 6.92 Å². The van der Waals surface area contributed by atoms with Gasteiger partial charge in [0.1, 0.15) is 5.57 Å². The third-order valence-electron chi connectivity index (χ3n) is 5.25. The van der Waals surface area contributed by atoms with Crippen LogP contribution in [-0.2, 0) is 14.4 Å². The van der Waals surface area contributed by atoms with E-state index in [0.29, 0.717) is 40.1 Å². The van der Waals surface area contributed by atoms with Crippen LogP contribution >= 0.6 is 27.5 Å². The Bertz CT molecular complexity index is 1420. The maximum absolute atomic E-state index is 13.1. The van der Waals surface area contributed by atoms with Crippen LogP contribution in [0.25, 0.3) is 6.08 Å². The number of ether oxygens (including phenoxy) is 2. The van der Waals surface area contributed by atoms with Gasteiger partial charge in [-0.3, -0.25) is 19.7 Å². The molecule has 0 aliphatic carbocycles. The number of anilines is 2. The van der Waals surface area contributed by atoms with Crippen molar-refractivity contribution in [3.8, 4) is 11.5 Å². The van der Waals surface area contributed by atoms with E-state index in [-0.39, 0.29) is 18.1 Å². The van der Waals surface area contributed by atoms with Crippen LogP contribution in [0.5, 0.6) is 11.5 Å². The number of carbonyl (C=O) groups is 4. The summed E-state index contributed by atoms with van der Waals surface area (Å²) in [6, 6.07) is 17.1. The SMILES string of the molecule is CCOc1cc(/C=C2\C(=O)NC(=O)N(c3ccc(Br)cc3)C2=O)ccc1OCC(=O)Nc1ccc(Cl)cc1. The summed E-state index contributed by atoms with van der Waals surface area (Å²) in [5.41, 5.74) is 1.10. The first-order chi connectivity index (χ1) is 18.2. The van der Waals surface area contributed by atoms with Crippen molar-refractivity contribution in [3.63, 3.8) is 0 Å². The molecule has 3 aromatic carbocycles. The topological polar surface area (TPSA) is 114 Å². The highest BCUT2D eigenvalue weighted by Crippen LogP contribution is 2.30. The highest BCUT2D eigenvalue weighted by atomic mass is 79.9. The Balaban J connectivity index is 1.52. The first kappa shape index (κ1) is 26.9. The quantitative estimate of drug-likeness (QED) is 0.273. The highest BCUT2D eigenvalue weighted by Gasteiger charge is 2.36. The summed E-state index contributed by atoms with van der Waals surface area (Å²) in [5, 5.41) is 5.44. The molecule has 1 fully saturated rings. The third-order valence-corrected chi connectivity index (χ3v) is 6.03. The van der Waals surface area contributed by atoms with E-state index in [1.807, 2.05) is 0 Å². The van der Waals surface area contributed by atoms with Crippen LogP contribution in [0.15, 0.2) is 76.8 Å². The van der Waals surface area contributed by atoms with E-state index < -0.39 is 17.8 Å². The lowest BCUT2D eigenvalue weighted by molar-refractivity contribution is -0.122. The van der Waals surface area contributed by atoms with Gasteiger partial charge in [-0.2, -0.15) is 0 Å². The molecule has 3 aromatic rings. The number of nitrogens with zero attached hydrogens (tertiary/aromatic N) is 1. The second-order valence-electron chi connectivity index (χ2n) is 7.92. The first-order valence-electron chi connectivity index (χ1n) is 11.4. The van der Waals surface area contributed by atoms with Crippen LogP contribution in [0.1, 0.15) is 12.5 Å². The van der Waals surface area contributed by atoms with E-state index in [0.717, 1.165) is 9.37 Å². The van der Waals surface area contributed by atoms with Gasteiger partial charge in [-0.1, -0.05) is 33.6 Å². The molecule has 0 bridgehead atoms. The maximum Gasteiger partial charge on any atom is 0.335 e. The van der Waals surface area contributed by atoms with Crippen LogP contribution in [-0.4, -0.2) is 37.0 Å². The van der Waals surface area contributed by atoms with Crippen molar-refractivity contribution in [2.24, 2.45) is 0 Å². The van der Waals surface area contributed by atoms with Crippen molar-refractivity contribution in [3.05, 3.63) is 87.4 Å².